The average molecular weight is 821 g/mol. The third-order valence-corrected chi connectivity index (χ3v) is 26.2. The molecule has 0 spiro atoms. The predicted octanol–water partition coefficient (Wildman–Crippen LogP) is 11.9. The van der Waals surface area contributed by atoms with E-state index in [-0.39, 0.29) is 0 Å². The van der Waals surface area contributed by atoms with Crippen LogP contribution in [0.4, 0.5) is 17.1 Å². The van der Waals surface area contributed by atoms with E-state index >= 15 is 0 Å². The van der Waals surface area contributed by atoms with Gasteiger partial charge in [-0.15, -0.1) is 0 Å². The Kier molecular flexibility index (Phi) is 13.9. The molecule has 0 aliphatic heterocycles. The number of nitrogens with zero attached hydrogens (tertiary/aromatic N) is 2. The van der Waals surface area contributed by atoms with E-state index in [0.29, 0.717) is 14.5 Å². The standard InChI is InChI=1S/C39H49N2O2Se.3CH3.Sn/c1-4-6-8-10-12-14-27-42-34-21-16-31(17-22-34)41(32-18-23-35(24-19-32)43-28-15-13-11-9-7-5-2)33-20-25-36-38(30-33)40(3)37-26-29-44-39(36)37;;;;/h16-26,30H,4-15,27-28H2,1-3H3;3*1H3;. The van der Waals surface area contributed by atoms with Gasteiger partial charge in [0.15, 0.2) is 0 Å². The Balaban J connectivity index is 1.36. The number of fused-ring (bicyclic) bond motifs is 3. The molecule has 3 aromatic carbocycles. The minimum atomic E-state index is -2.09. The van der Waals surface area contributed by atoms with Crippen LogP contribution in [0.3, 0.4) is 0 Å². The summed E-state index contributed by atoms with van der Waals surface area (Å²) in [6.45, 7) is 6.09. The minimum absolute atomic E-state index is 0.445. The number of rotatable bonds is 20. The summed E-state index contributed by atoms with van der Waals surface area (Å²) in [6.07, 6.45) is 15.2. The van der Waals surface area contributed by atoms with Gasteiger partial charge in [-0.05, 0) is 12.8 Å². The van der Waals surface area contributed by atoms with E-state index < -0.39 is 18.4 Å². The zero-order valence-corrected chi connectivity index (χ0v) is 35.0. The third kappa shape index (κ3) is 9.67. The van der Waals surface area contributed by atoms with Gasteiger partial charge in [-0.25, -0.2) is 0 Å². The molecule has 0 unspecified atom stereocenters. The number of unbranched alkanes of at least 4 members (excludes halogenated alkanes) is 10. The SMILES string of the molecule is CCCCCCCCOc1ccc(N(c2ccc(OCCCCCCCC)cc2)c2ccc3c4[se][c]([Sn]([CH3])([CH3])[CH3])cc4n(C)c3c2)cc1. The van der Waals surface area contributed by atoms with E-state index in [2.05, 4.69) is 118 Å². The Labute approximate surface area is 300 Å². The molecule has 0 saturated carbocycles. The van der Waals surface area contributed by atoms with E-state index in [1.807, 2.05) is 0 Å². The van der Waals surface area contributed by atoms with E-state index in [1.165, 1.54) is 80.6 Å². The summed E-state index contributed by atoms with van der Waals surface area (Å²) in [7, 11) is 2.24. The van der Waals surface area contributed by atoms with Crippen LogP contribution in [0.15, 0.2) is 72.8 Å². The van der Waals surface area contributed by atoms with Crippen molar-refractivity contribution in [3.63, 3.8) is 0 Å². The second-order valence-corrected chi connectivity index (χ2v) is 33.3. The molecule has 0 N–H and O–H groups in total. The summed E-state index contributed by atoms with van der Waals surface area (Å²) in [4.78, 5) is 10.00. The molecule has 0 radical (unpaired) electrons. The van der Waals surface area contributed by atoms with Crippen LogP contribution in [0, 0.1) is 0 Å². The van der Waals surface area contributed by atoms with E-state index in [0.717, 1.165) is 54.6 Å². The first kappa shape index (κ1) is 36.9. The van der Waals surface area contributed by atoms with Crippen molar-refractivity contribution in [2.75, 3.05) is 18.1 Å². The van der Waals surface area contributed by atoms with Crippen LogP contribution in [-0.2, 0) is 7.05 Å². The van der Waals surface area contributed by atoms with Crippen molar-refractivity contribution in [3.8, 4) is 11.5 Å². The number of hydrogen-bond donors (Lipinski definition) is 0. The van der Waals surface area contributed by atoms with Crippen LogP contribution >= 0.6 is 0 Å². The quantitative estimate of drug-likeness (QED) is 0.0578. The maximum atomic E-state index is 6.15. The summed E-state index contributed by atoms with van der Waals surface area (Å²) < 4.78 is 18.1. The second kappa shape index (κ2) is 18.1. The molecule has 2 aromatic heterocycles. The normalized spacial score (nSPS) is 11.9. The fourth-order valence-corrected chi connectivity index (χ4v) is 16.8. The molecular formula is C42H58N2O2SeSn. The Hall–Kier alpha value is -2.34. The number of aromatic nitrogens is 1. The molecule has 4 nitrogen and oxygen atoms in total. The molecule has 5 rings (SSSR count). The number of hydrogen-bond acceptors (Lipinski definition) is 3. The van der Waals surface area contributed by atoms with Crippen LogP contribution in [0.5, 0.6) is 11.5 Å². The van der Waals surface area contributed by atoms with Gasteiger partial charge in [0.2, 0.25) is 0 Å². The first-order valence-electron chi connectivity index (χ1n) is 18.6. The van der Waals surface area contributed by atoms with Gasteiger partial charge < -0.3 is 0 Å². The summed E-state index contributed by atoms with van der Waals surface area (Å²) in [5, 5.41) is 1.41. The molecule has 0 aliphatic rings. The van der Waals surface area contributed by atoms with Crippen molar-refractivity contribution < 1.29 is 9.47 Å². The van der Waals surface area contributed by atoms with Crippen LogP contribution in [0.2, 0.25) is 14.8 Å². The second-order valence-electron chi connectivity index (χ2n) is 14.4. The van der Waals surface area contributed by atoms with Gasteiger partial charge in [-0.1, -0.05) is 78.1 Å². The van der Waals surface area contributed by atoms with Crippen LogP contribution < -0.4 is 16.8 Å². The van der Waals surface area contributed by atoms with Crippen LogP contribution in [0.1, 0.15) is 90.9 Å². The Morgan fingerprint density at radius 2 is 1.06 bits per heavy atom. The summed E-state index contributed by atoms with van der Waals surface area (Å²) in [6, 6.07) is 26.9. The fourth-order valence-electron chi connectivity index (χ4n) is 6.43. The Morgan fingerprint density at radius 3 is 1.56 bits per heavy atom. The molecule has 6 heteroatoms. The van der Waals surface area contributed by atoms with Gasteiger partial charge in [-0.3, -0.25) is 0 Å². The fraction of sp³-hybridized carbons (Fsp3) is 0.476. The molecule has 48 heavy (non-hydrogen) atoms. The maximum absolute atomic E-state index is 6.15. The predicted molar refractivity (Wildman–Crippen MR) is 213 cm³/mol. The molecule has 0 atom stereocenters. The summed E-state index contributed by atoms with van der Waals surface area (Å²) in [5.74, 6) is 1.88. The van der Waals surface area contributed by atoms with Gasteiger partial charge in [0.25, 0.3) is 0 Å². The average Bonchev–Trinajstić information content (AvgIpc) is 3.64. The number of ether oxygens (including phenoxy) is 2. The van der Waals surface area contributed by atoms with Crippen LogP contribution in [-0.4, -0.2) is 50.7 Å². The number of aryl methyl sites for hydroxylation is 1. The molecule has 0 bridgehead atoms. The van der Waals surface area contributed by atoms with Gasteiger partial charge >= 0.3 is 211 Å². The molecule has 5 aromatic rings. The summed E-state index contributed by atoms with van der Waals surface area (Å²) >= 11 is -1.64. The van der Waals surface area contributed by atoms with Crippen molar-refractivity contribution in [3.05, 3.63) is 72.8 Å². The zero-order valence-electron chi connectivity index (χ0n) is 30.4. The Morgan fingerprint density at radius 1 is 0.583 bits per heavy atom. The number of anilines is 3. The van der Waals surface area contributed by atoms with E-state index in [9.17, 15) is 0 Å². The summed E-state index contributed by atoms with van der Waals surface area (Å²) in [5.41, 5.74) is 6.14. The number of benzene rings is 3. The van der Waals surface area contributed by atoms with Gasteiger partial charge in [0.05, 0.1) is 0 Å². The van der Waals surface area contributed by atoms with Crippen LogP contribution in [0.25, 0.3) is 20.7 Å². The first-order valence-corrected chi connectivity index (χ1v) is 30.3. The van der Waals surface area contributed by atoms with Crippen molar-refractivity contribution >= 4 is 73.1 Å². The third-order valence-electron chi connectivity index (χ3n) is 9.38. The molecule has 0 fully saturated rings. The Bertz CT molecular complexity index is 1640. The van der Waals surface area contributed by atoms with Gasteiger partial charge in [0, 0.05) is 0 Å². The molecule has 258 valence electrons. The van der Waals surface area contributed by atoms with Gasteiger partial charge in [-0.2, -0.15) is 0 Å². The molecule has 0 amide bonds. The first-order chi connectivity index (χ1) is 23.3. The van der Waals surface area contributed by atoms with Crippen molar-refractivity contribution in [1.82, 2.24) is 4.57 Å². The van der Waals surface area contributed by atoms with Crippen molar-refractivity contribution in [1.29, 1.82) is 0 Å². The molecule has 2 heterocycles. The zero-order chi connectivity index (χ0) is 33.9. The van der Waals surface area contributed by atoms with Gasteiger partial charge in [0.1, 0.15) is 0 Å². The molecule has 0 saturated heterocycles. The topological polar surface area (TPSA) is 26.6 Å². The van der Waals surface area contributed by atoms with E-state index in [1.54, 1.807) is 6.71 Å². The van der Waals surface area contributed by atoms with E-state index in [4.69, 9.17) is 9.47 Å². The molecular weight excluding hydrogens is 762 g/mol. The van der Waals surface area contributed by atoms with Crippen molar-refractivity contribution in [2.45, 2.75) is 106 Å². The van der Waals surface area contributed by atoms with Crippen molar-refractivity contribution in [2.24, 2.45) is 7.05 Å². The molecule has 0 aliphatic carbocycles. The monoisotopic (exact) mass is 822 g/mol.